The number of carbonyl (C=O) groups is 1. The smallest absolute Gasteiger partial charge is 0.226 e. The Hall–Kier alpha value is -1.51. The number of nitrogens with zero attached hydrogens (tertiary/aromatic N) is 3. The summed E-state index contributed by atoms with van der Waals surface area (Å²) < 4.78 is 30.0. The molecule has 0 bridgehead atoms. The number of sulfone groups is 1. The van der Waals surface area contributed by atoms with E-state index in [0.29, 0.717) is 32.8 Å². The second kappa shape index (κ2) is 7.25. The summed E-state index contributed by atoms with van der Waals surface area (Å²) in [5.41, 5.74) is 1.12. The average Bonchev–Trinajstić information content (AvgIpc) is 2.98. The van der Waals surface area contributed by atoms with Crippen molar-refractivity contribution in [3.63, 3.8) is 0 Å². The molecule has 4 rings (SSSR count). The van der Waals surface area contributed by atoms with Gasteiger partial charge in [-0.3, -0.25) is 14.7 Å². The van der Waals surface area contributed by atoms with Crippen LogP contribution in [0.1, 0.15) is 18.4 Å². The van der Waals surface area contributed by atoms with Crippen LogP contribution in [0, 0.1) is 5.92 Å². The summed E-state index contributed by atoms with van der Waals surface area (Å²) in [5.74, 6) is 0.308. The van der Waals surface area contributed by atoms with Crippen molar-refractivity contribution in [2.45, 2.75) is 31.5 Å². The number of pyridine rings is 1. The fraction of sp³-hybridized carbons (Fsp3) is 0.667. The van der Waals surface area contributed by atoms with Crippen molar-refractivity contribution in [3.05, 3.63) is 30.1 Å². The highest BCUT2D eigenvalue weighted by atomic mass is 32.2. The normalized spacial score (nSPS) is 29.5. The summed E-state index contributed by atoms with van der Waals surface area (Å²) >= 11 is 0. The number of piperazine rings is 1. The van der Waals surface area contributed by atoms with Crippen LogP contribution in [0.15, 0.2) is 24.5 Å². The zero-order valence-electron chi connectivity index (χ0n) is 14.8. The highest BCUT2D eigenvalue weighted by Crippen LogP contribution is 2.30. The van der Waals surface area contributed by atoms with Crippen LogP contribution >= 0.6 is 0 Å². The van der Waals surface area contributed by atoms with Gasteiger partial charge in [0.15, 0.2) is 9.84 Å². The van der Waals surface area contributed by atoms with Gasteiger partial charge in [0.2, 0.25) is 5.91 Å². The van der Waals surface area contributed by atoms with Crippen LogP contribution in [0.5, 0.6) is 0 Å². The largest absolute Gasteiger partial charge is 0.381 e. The Morgan fingerprint density at radius 1 is 1.12 bits per heavy atom. The van der Waals surface area contributed by atoms with Gasteiger partial charge in [-0.05, 0) is 30.5 Å². The van der Waals surface area contributed by atoms with Gasteiger partial charge in [0.1, 0.15) is 0 Å². The minimum atomic E-state index is -3.12. The van der Waals surface area contributed by atoms with Crippen LogP contribution in [0.3, 0.4) is 0 Å². The Balaban J connectivity index is 1.52. The number of fused-ring (bicyclic) bond motifs is 1. The molecule has 142 valence electrons. The number of carbonyl (C=O) groups excluding carboxylic acids is 1. The van der Waals surface area contributed by atoms with Crippen LogP contribution in [0.2, 0.25) is 0 Å². The number of ether oxygens (including phenoxy) is 1. The van der Waals surface area contributed by atoms with Crippen molar-refractivity contribution < 1.29 is 17.9 Å². The van der Waals surface area contributed by atoms with Crippen LogP contribution in [0.4, 0.5) is 0 Å². The summed E-state index contributed by atoms with van der Waals surface area (Å²) in [6.07, 6.45) is 4.98. The van der Waals surface area contributed by atoms with Crippen molar-refractivity contribution in [1.82, 2.24) is 14.8 Å². The molecule has 0 N–H and O–H groups in total. The number of amides is 1. The molecule has 1 aromatic rings. The predicted molar refractivity (Wildman–Crippen MR) is 96.1 cm³/mol. The maximum Gasteiger partial charge on any atom is 0.226 e. The highest BCUT2D eigenvalue weighted by molar-refractivity contribution is 7.91. The zero-order valence-corrected chi connectivity index (χ0v) is 15.6. The van der Waals surface area contributed by atoms with Crippen molar-refractivity contribution in [3.8, 4) is 0 Å². The molecule has 0 aliphatic carbocycles. The fourth-order valence-electron chi connectivity index (χ4n) is 4.40. The van der Waals surface area contributed by atoms with Gasteiger partial charge in [0.25, 0.3) is 0 Å². The van der Waals surface area contributed by atoms with E-state index in [-0.39, 0.29) is 35.4 Å². The van der Waals surface area contributed by atoms with Crippen molar-refractivity contribution >= 4 is 15.7 Å². The molecule has 3 saturated heterocycles. The Kier molecular flexibility index (Phi) is 4.98. The van der Waals surface area contributed by atoms with E-state index in [2.05, 4.69) is 9.88 Å². The Morgan fingerprint density at radius 2 is 1.81 bits per heavy atom. The zero-order chi connectivity index (χ0) is 18.1. The first-order chi connectivity index (χ1) is 12.5. The molecule has 8 heteroatoms. The lowest BCUT2D eigenvalue weighted by Crippen LogP contribution is -2.61. The second-order valence-electron chi connectivity index (χ2n) is 7.46. The molecule has 3 aliphatic rings. The molecule has 3 fully saturated rings. The Labute approximate surface area is 154 Å². The topological polar surface area (TPSA) is 79.8 Å². The van der Waals surface area contributed by atoms with E-state index < -0.39 is 9.84 Å². The van der Waals surface area contributed by atoms with Gasteiger partial charge in [0, 0.05) is 57.2 Å². The molecule has 0 aromatic carbocycles. The quantitative estimate of drug-likeness (QED) is 0.752. The molecule has 0 unspecified atom stereocenters. The van der Waals surface area contributed by atoms with E-state index in [9.17, 15) is 13.2 Å². The molecule has 1 aromatic heterocycles. The van der Waals surface area contributed by atoms with Gasteiger partial charge in [-0.15, -0.1) is 0 Å². The van der Waals surface area contributed by atoms with Gasteiger partial charge in [-0.2, -0.15) is 0 Å². The summed E-state index contributed by atoms with van der Waals surface area (Å²) in [5, 5.41) is 0. The molecule has 3 aliphatic heterocycles. The molecule has 0 spiro atoms. The van der Waals surface area contributed by atoms with Gasteiger partial charge in [0.05, 0.1) is 17.5 Å². The lowest BCUT2D eigenvalue weighted by atomic mass is 9.95. The summed E-state index contributed by atoms with van der Waals surface area (Å²) in [7, 11) is -3.12. The molecule has 2 atom stereocenters. The van der Waals surface area contributed by atoms with Crippen molar-refractivity contribution in [1.29, 1.82) is 0 Å². The Morgan fingerprint density at radius 3 is 2.54 bits per heavy atom. The lowest BCUT2D eigenvalue weighted by Gasteiger charge is -2.45. The third-order valence-electron chi connectivity index (χ3n) is 5.78. The van der Waals surface area contributed by atoms with E-state index in [4.69, 9.17) is 4.74 Å². The van der Waals surface area contributed by atoms with Crippen molar-refractivity contribution in [2.24, 2.45) is 5.92 Å². The van der Waals surface area contributed by atoms with Crippen molar-refractivity contribution in [2.75, 3.05) is 37.8 Å². The van der Waals surface area contributed by atoms with Crippen LogP contribution < -0.4 is 0 Å². The SMILES string of the molecule is O=C(C1CCOCC1)N1CCN(Cc2ccncc2)[C@@H]2CS(=O)(=O)C[C@@H]21. The summed E-state index contributed by atoms with van der Waals surface area (Å²) in [4.78, 5) is 21.1. The molecule has 1 amide bonds. The number of hydrogen-bond donors (Lipinski definition) is 0. The molecule has 0 radical (unpaired) electrons. The van der Waals surface area contributed by atoms with E-state index in [0.717, 1.165) is 18.4 Å². The average molecular weight is 379 g/mol. The summed E-state index contributed by atoms with van der Waals surface area (Å²) in [6.45, 7) is 3.22. The van der Waals surface area contributed by atoms with Gasteiger partial charge in [-0.1, -0.05) is 0 Å². The highest BCUT2D eigenvalue weighted by Gasteiger charge is 2.48. The monoisotopic (exact) mass is 379 g/mol. The number of rotatable bonds is 3. The fourth-order valence-corrected chi connectivity index (χ4v) is 6.41. The lowest BCUT2D eigenvalue weighted by molar-refractivity contribution is -0.144. The van der Waals surface area contributed by atoms with Gasteiger partial charge >= 0.3 is 0 Å². The van der Waals surface area contributed by atoms with E-state index in [1.165, 1.54) is 0 Å². The van der Waals surface area contributed by atoms with Crippen LogP contribution in [0.25, 0.3) is 0 Å². The van der Waals surface area contributed by atoms with Gasteiger partial charge < -0.3 is 9.64 Å². The number of aromatic nitrogens is 1. The molecule has 26 heavy (non-hydrogen) atoms. The minimum absolute atomic E-state index is 0.0283. The second-order valence-corrected chi connectivity index (χ2v) is 9.61. The van der Waals surface area contributed by atoms with E-state index in [1.54, 1.807) is 12.4 Å². The van der Waals surface area contributed by atoms with E-state index in [1.807, 2.05) is 17.0 Å². The molecule has 7 nitrogen and oxygen atoms in total. The van der Waals surface area contributed by atoms with Crippen LogP contribution in [-0.2, 0) is 25.9 Å². The first kappa shape index (κ1) is 17.9. The molecule has 4 heterocycles. The molecular formula is C18H25N3O4S. The first-order valence-corrected chi connectivity index (χ1v) is 11.1. The third-order valence-corrected chi connectivity index (χ3v) is 7.48. The predicted octanol–water partition coefficient (Wildman–Crippen LogP) is 0.318. The summed E-state index contributed by atoms with van der Waals surface area (Å²) in [6, 6.07) is 3.56. The standard InChI is InChI=1S/C18H25N3O4S/c22-18(15-3-9-25-10-4-15)21-8-7-20(11-14-1-5-19-6-2-14)16-12-26(23,24)13-17(16)21/h1-2,5-6,15-17H,3-4,7-13H2/t16-,17+/m1/s1. The Bertz CT molecular complexity index is 749. The third kappa shape index (κ3) is 3.63. The first-order valence-electron chi connectivity index (χ1n) is 9.25. The molecular weight excluding hydrogens is 354 g/mol. The number of hydrogen-bond acceptors (Lipinski definition) is 6. The van der Waals surface area contributed by atoms with Gasteiger partial charge in [-0.25, -0.2) is 8.42 Å². The van der Waals surface area contributed by atoms with Crippen LogP contribution in [-0.4, -0.2) is 79.0 Å². The maximum absolute atomic E-state index is 13.0. The van der Waals surface area contributed by atoms with E-state index >= 15 is 0 Å². The minimum Gasteiger partial charge on any atom is -0.381 e. The maximum atomic E-state index is 13.0. The molecule has 0 saturated carbocycles.